The van der Waals surface area contributed by atoms with E-state index in [1.807, 2.05) is 25.7 Å². The Morgan fingerprint density at radius 1 is 1.07 bits per heavy atom. The monoisotopic (exact) mass is 617 g/mol. The highest BCUT2D eigenvalue weighted by Gasteiger charge is 2.35. The van der Waals surface area contributed by atoms with Crippen LogP contribution in [0.15, 0.2) is 36.4 Å². The second-order valence-electron chi connectivity index (χ2n) is 12.9. The molecule has 0 radical (unpaired) electrons. The van der Waals surface area contributed by atoms with Crippen LogP contribution in [-0.2, 0) is 19.4 Å². The number of amides is 1. The molecule has 0 unspecified atom stereocenters. The lowest BCUT2D eigenvalue weighted by Gasteiger charge is -2.40. The van der Waals surface area contributed by atoms with E-state index in [9.17, 15) is 19.1 Å². The van der Waals surface area contributed by atoms with Crippen molar-refractivity contribution in [1.82, 2.24) is 14.8 Å². The molecule has 0 spiro atoms. The van der Waals surface area contributed by atoms with Gasteiger partial charge in [-0.2, -0.15) is 0 Å². The zero-order valence-corrected chi connectivity index (χ0v) is 26.2. The highest BCUT2D eigenvalue weighted by atomic mass is 19.1. The molecule has 2 aromatic carbocycles. The Morgan fingerprint density at radius 2 is 1.78 bits per heavy atom. The minimum Gasteiger partial charge on any atom is -0.488 e. The van der Waals surface area contributed by atoms with E-state index >= 15 is 4.39 Å². The van der Waals surface area contributed by atoms with E-state index in [1.54, 1.807) is 12.1 Å². The lowest BCUT2D eigenvalue weighted by Crippen LogP contribution is -2.50. The predicted molar refractivity (Wildman–Crippen MR) is 168 cm³/mol. The number of aromatic carboxylic acids is 1. The van der Waals surface area contributed by atoms with Crippen molar-refractivity contribution in [2.45, 2.75) is 90.3 Å². The number of hydrogen-bond acceptors (Lipinski definition) is 5. The molecular weight excluding hydrogens is 576 g/mol. The van der Waals surface area contributed by atoms with Gasteiger partial charge in [-0.15, -0.1) is 0 Å². The highest BCUT2D eigenvalue weighted by molar-refractivity contribution is 5.99. The van der Waals surface area contributed by atoms with Gasteiger partial charge >= 0.3 is 5.97 Å². The van der Waals surface area contributed by atoms with E-state index in [2.05, 4.69) is 16.0 Å². The van der Waals surface area contributed by atoms with Crippen LogP contribution in [0.25, 0.3) is 11.1 Å². The van der Waals surface area contributed by atoms with Crippen LogP contribution in [0.5, 0.6) is 5.75 Å². The first-order valence-electron chi connectivity index (χ1n) is 16.2. The Balaban J connectivity index is 1.20. The van der Waals surface area contributed by atoms with Gasteiger partial charge in [-0.05, 0) is 87.3 Å². The smallest absolute Gasteiger partial charge is 0.337 e. The van der Waals surface area contributed by atoms with Crippen molar-refractivity contribution in [1.29, 1.82) is 0 Å². The summed E-state index contributed by atoms with van der Waals surface area (Å²) in [6.07, 6.45) is 5.26. The molecule has 45 heavy (non-hydrogen) atoms. The van der Waals surface area contributed by atoms with Crippen LogP contribution < -0.4 is 4.74 Å². The number of halogens is 2. The Kier molecular flexibility index (Phi) is 8.91. The summed E-state index contributed by atoms with van der Waals surface area (Å²) in [5.74, 6) is -1.42. The minimum atomic E-state index is -1.06. The zero-order chi connectivity index (χ0) is 31.8. The average Bonchev–Trinajstić information content (AvgIpc) is 3.86. The lowest BCUT2D eigenvalue weighted by molar-refractivity contribution is 0.0542. The third kappa shape index (κ3) is 6.45. The minimum absolute atomic E-state index is 0.0384. The van der Waals surface area contributed by atoms with Gasteiger partial charge in [0, 0.05) is 49.8 Å². The van der Waals surface area contributed by atoms with Crippen LogP contribution in [0.2, 0.25) is 0 Å². The van der Waals surface area contributed by atoms with E-state index in [0.717, 1.165) is 56.3 Å². The Morgan fingerprint density at radius 3 is 2.40 bits per heavy atom. The van der Waals surface area contributed by atoms with Crippen LogP contribution in [-0.4, -0.2) is 63.5 Å². The molecule has 1 saturated carbocycles. The van der Waals surface area contributed by atoms with E-state index in [0.29, 0.717) is 54.0 Å². The number of aromatic nitrogens is 1. The zero-order valence-electron chi connectivity index (χ0n) is 26.2. The number of carbonyl (C=O) groups excluding carboxylic acids is 1. The average molecular weight is 618 g/mol. The molecule has 3 heterocycles. The maximum Gasteiger partial charge on any atom is 0.337 e. The number of pyridine rings is 1. The van der Waals surface area contributed by atoms with Crippen molar-refractivity contribution in [3.8, 4) is 16.9 Å². The van der Waals surface area contributed by atoms with Crippen molar-refractivity contribution in [2.24, 2.45) is 0 Å². The summed E-state index contributed by atoms with van der Waals surface area (Å²) in [7, 11) is 0. The molecule has 2 aliphatic heterocycles. The molecule has 1 saturated heterocycles. The van der Waals surface area contributed by atoms with Gasteiger partial charge in [-0.3, -0.25) is 14.7 Å². The molecule has 9 heteroatoms. The van der Waals surface area contributed by atoms with Gasteiger partial charge in [0.05, 0.1) is 28.6 Å². The number of aryl methyl sites for hydroxylation is 1. The lowest BCUT2D eigenvalue weighted by atomic mass is 9.92. The van der Waals surface area contributed by atoms with E-state index < -0.39 is 11.8 Å². The van der Waals surface area contributed by atoms with Crippen LogP contribution in [0.4, 0.5) is 8.78 Å². The van der Waals surface area contributed by atoms with E-state index in [1.165, 1.54) is 18.2 Å². The van der Waals surface area contributed by atoms with Crippen LogP contribution in [0, 0.1) is 11.6 Å². The molecule has 2 fully saturated rings. The summed E-state index contributed by atoms with van der Waals surface area (Å²) in [6.45, 7) is 8.30. The molecule has 1 N–H and O–H groups in total. The number of fused-ring (bicyclic) bond motifs is 1. The molecular formula is C36H41F2N3O4. The molecule has 1 amide bonds. The number of carboxylic acid groups (broad SMARTS) is 1. The third-order valence-corrected chi connectivity index (χ3v) is 9.20. The quantitative estimate of drug-likeness (QED) is 0.264. The SMILES string of the molecule is CCCc1nc2c(cc1C(=O)O)C(=O)N(C1CCN(Cc3cc(C4CC4)c(-c4ccc(F)cc4)c(F)c3OC(C)C)CC1)CC2. The number of hydrogen-bond donors (Lipinski definition) is 1. The first kappa shape index (κ1) is 31.1. The van der Waals surface area contributed by atoms with Crippen LogP contribution >= 0.6 is 0 Å². The Bertz CT molecular complexity index is 1600. The highest BCUT2D eigenvalue weighted by Crippen LogP contribution is 2.48. The molecule has 3 aromatic rings. The number of benzene rings is 2. The number of carboxylic acids is 1. The second-order valence-corrected chi connectivity index (χ2v) is 12.9. The van der Waals surface area contributed by atoms with Gasteiger partial charge in [0.1, 0.15) is 5.82 Å². The van der Waals surface area contributed by atoms with Crippen LogP contribution in [0.1, 0.15) is 102 Å². The maximum atomic E-state index is 16.4. The first-order chi connectivity index (χ1) is 21.6. The second kappa shape index (κ2) is 12.9. The number of ether oxygens (including phenoxy) is 1. The maximum absolute atomic E-state index is 16.4. The largest absolute Gasteiger partial charge is 0.488 e. The Labute approximate surface area is 263 Å². The summed E-state index contributed by atoms with van der Waals surface area (Å²) in [5, 5.41) is 9.75. The fourth-order valence-electron chi connectivity index (χ4n) is 6.86. The van der Waals surface area contributed by atoms with Crippen molar-refractivity contribution >= 4 is 11.9 Å². The van der Waals surface area contributed by atoms with Gasteiger partial charge < -0.3 is 14.7 Å². The number of likely N-dealkylation sites (tertiary alicyclic amines) is 1. The van der Waals surface area contributed by atoms with Crippen molar-refractivity contribution in [3.05, 3.63) is 81.7 Å². The molecule has 238 valence electrons. The predicted octanol–water partition coefficient (Wildman–Crippen LogP) is 7.01. The summed E-state index contributed by atoms with van der Waals surface area (Å²) >= 11 is 0. The number of carbonyl (C=O) groups is 2. The van der Waals surface area contributed by atoms with Crippen molar-refractivity contribution in [2.75, 3.05) is 19.6 Å². The van der Waals surface area contributed by atoms with Gasteiger partial charge in [0.25, 0.3) is 5.91 Å². The molecule has 1 aromatic heterocycles. The molecule has 7 nitrogen and oxygen atoms in total. The van der Waals surface area contributed by atoms with Crippen molar-refractivity contribution in [3.63, 3.8) is 0 Å². The molecule has 3 aliphatic rings. The summed E-state index contributed by atoms with van der Waals surface area (Å²) in [6, 6.07) is 9.65. The summed E-state index contributed by atoms with van der Waals surface area (Å²) in [5.41, 5.74) is 4.67. The molecule has 0 atom stereocenters. The van der Waals surface area contributed by atoms with Gasteiger partial charge in [-0.25, -0.2) is 13.6 Å². The summed E-state index contributed by atoms with van der Waals surface area (Å²) in [4.78, 5) is 34.3. The Hall–Kier alpha value is -3.85. The summed E-state index contributed by atoms with van der Waals surface area (Å²) < 4.78 is 36.2. The number of piperidine rings is 1. The first-order valence-corrected chi connectivity index (χ1v) is 16.2. The molecule has 0 bridgehead atoms. The number of rotatable bonds is 10. The fourth-order valence-corrected chi connectivity index (χ4v) is 6.86. The normalized spacial score (nSPS) is 17.6. The molecule has 6 rings (SSSR count). The van der Waals surface area contributed by atoms with E-state index in [-0.39, 0.29) is 41.1 Å². The van der Waals surface area contributed by atoms with Gasteiger partial charge in [0.2, 0.25) is 0 Å². The number of nitrogens with zero attached hydrogens (tertiary/aromatic N) is 3. The standard InChI is InChI=1S/C36H41F2N3O4/c1-4-5-30-29(36(43)44)19-28-31(39-30)14-17-41(35(28)42)26-12-15-40(16-13-26)20-24-18-27(22-6-7-22)32(23-8-10-25(37)11-9-23)33(38)34(24)45-21(2)3/h8-11,18-19,21-22,26H,4-7,12-17,20H2,1-3H3,(H,43,44). The van der Waals surface area contributed by atoms with E-state index in [4.69, 9.17) is 4.74 Å². The van der Waals surface area contributed by atoms with Crippen LogP contribution in [0.3, 0.4) is 0 Å². The third-order valence-electron chi connectivity index (χ3n) is 9.20. The van der Waals surface area contributed by atoms with Crippen molar-refractivity contribution < 1.29 is 28.2 Å². The molecule has 1 aliphatic carbocycles. The van der Waals surface area contributed by atoms with Gasteiger partial charge in [-0.1, -0.05) is 25.5 Å². The topological polar surface area (TPSA) is 83.0 Å². The fraction of sp³-hybridized carbons (Fsp3) is 0.472. The van der Waals surface area contributed by atoms with Gasteiger partial charge in [0.15, 0.2) is 11.6 Å².